The van der Waals surface area contributed by atoms with E-state index < -0.39 is 64.5 Å². The van der Waals surface area contributed by atoms with Crippen LogP contribution in [0.2, 0.25) is 0 Å². The molecule has 2 saturated heterocycles. The van der Waals surface area contributed by atoms with Crippen molar-refractivity contribution < 1.29 is 40.7 Å². The van der Waals surface area contributed by atoms with Gasteiger partial charge in [-0.05, 0) is 65.0 Å². The summed E-state index contributed by atoms with van der Waals surface area (Å²) in [6, 6.07) is 0.706. The van der Waals surface area contributed by atoms with Crippen LogP contribution in [0, 0.1) is 5.92 Å². The van der Waals surface area contributed by atoms with Gasteiger partial charge in [-0.3, -0.25) is 4.79 Å². The van der Waals surface area contributed by atoms with Crippen molar-refractivity contribution in [3.63, 3.8) is 0 Å². The molecular weight excluding hydrogens is 440 g/mol. The first-order chi connectivity index (χ1) is 14.6. The van der Waals surface area contributed by atoms with Gasteiger partial charge in [0.25, 0.3) is 0 Å². The molecule has 178 valence electrons. The molecular formula is C22H25F6NO3. The van der Waals surface area contributed by atoms with Crippen molar-refractivity contribution in [3.05, 3.63) is 34.9 Å². The van der Waals surface area contributed by atoms with E-state index in [0.29, 0.717) is 31.0 Å². The van der Waals surface area contributed by atoms with Gasteiger partial charge in [0.1, 0.15) is 5.60 Å². The monoisotopic (exact) mass is 465 g/mol. The summed E-state index contributed by atoms with van der Waals surface area (Å²) >= 11 is 0. The Morgan fingerprint density at radius 3 is 1.78 bits per heavy atom. The number of rotatable bonds is 2. The highest BCUT2D eigenvalue weighted by Gasteiger charge is 2.48. The third kappa shape index (κ3) is 5.04. The number of fused-ring (bicyclic) bond motifs is 2. The van der Waals surface area contributed by atoms with E-state index in [1.54, 1.807) is 20.8 Å². The molecule has 10 heteroatoms. The molecule has 0 spiro atoms. The van der Waals surface area contributed by atoms with E-state index in [1.165, 1.54) is 4.90 Å². The minimum absolute atomic E-state index is 0.00192. The van der Waals surface area contributed by atoms with E-state index in [1.807, 2.05) is 0 Å². The lowest BCUT2D eigenvalue weighted by Crippen LogP contribution is -2.56. The number of carbonyl (C=O) groups excluding carboxylic acids is 2. The molecule has 2 aliphatic heterocycles. The molecule has 0 N–H and O–H groups in total. The van der Waals surface area contributed by atoms with Crippen molar-refractivity contribution in [2.24, 2.45) is 5.92 Å². The lowest BCUT2D eigenvalue weighted by molar-refractivity contribution is -0.143. The summed E-state index contributed by atoms with van der Waals surface area (Å²) in [5.41, 5.74) is -5.26. The van der Waals surface area contributed by atoms with Crippen LogP contribution in [0.25, 0.3) is 0 Å². The number of ether oxygens (including phenoxy) is 1. The average molecular weight is 465 g/mol. The fourth-order valence-electron chi connectivity index (χ4n) is 4.70. The zero-order valence-corrected chi connectivity index (χ0v) is 17.9. The molecule has 1 aromatic carbocycles. The number of carbonyl (C=O) groups is 2. The summed E-state index contributed by atoms with van der Waals surface area (Å²) in [5.74, 6) is -2.22. The predicted molar refractivity (Wildman–Crippen MR) is 103 cm³/mol. The first-order valence-electron chi connectivity index (χ1n) is 10.4. The number of piperidine rings is 2. The van der Waals surface area contributed by atoms with Gasteiger partial charge in [0, 0.05) is 23.6 Å². The number of ketones is 1. The van der Waals surface area contributed by atoms with Crippen molar-refractivity contribution in [2.45, 2.75) is 82.9 Å². The second-order valence-corrected chi connectivity index (χ2v) is 9.38. The average Bonchev–Trinajstić information content (AvgIpc) is 2.63. The van der Waals surface area contributed by atoms with Crippen molar-refractivity contribution in [1.29, 1.82) is 0 Å². The van der Waals surface area contributed by atoms with Crippen LogP contribution in [0.3, 0.4) is 0 Å². The Hall–Kier alpha value is -2.26. The van der Waals surface area contributed by atoms with Crippen molar-refractivity contribution in [3.8, 4) is 0 Å². The molecule has 0 aliphatic carbocycles. The summed E-state index contributed by atoms with van der Waals surface area (Å²) in [5, 5.41) is 0. The second kappa shape index (κ2) is 8.26. The number of hydrogen-bond donors (Lipinski definition) is 0. The minimum Gasteiger partial charge on any atom is -0.444 e. The van der Waals surface area contributed by atoms with E-state index in [9.17, 15) is 35.9 Å². The van der Waals surface area contributed by atoms with E-state index in [2.05, 4.69) is 0 Å². The Morgan fingerprint density at radius 2 is 1.38 bits per heavy atom. The predicted octanol–water partition coefficient (Wildman–Crippen LogP) is 6.48. The molecule has 2 fully saturated rings. The van der Waals surface area contributed by atoms with Crippen LogP contribution in [-0.4, -0.2) is 34.5 Å². The van der Waals surface area contributed by atoms with Crippen LogP contribution in [0.4, 0.5) is 31.1 Å². The number of Topliss-reactive ketones (excluding diaryl/α,β-unsaturated/α-hetero) is 1. The largest absolute Gasteiger partial charge is 0.444 e. The van der Waals surface area contributed by atoms with Crippen LogP contribution in [0.15, 0.2) is 18.2 Å². The van der Waals surface area contributed by atoms with E-state index >= 15 is 0 Å². The topological polar surface area (TPSA) is 46.6 Å². The molecule has 2 unspecified atom stereocenters. The minimum atomic E-state index is -5.11. The molecule has 4 nitrogen and oxygen atoms in total. The summed E-state index contributed by atoms with van der Waals surface area (Å²) in [7, 11) is 0. The lowest BCUT2D eigenvalue weighted by atomic mass is 9.74. The smallest absolute Gasteiger partial charge is 0.417 e. The highest BCUT2D eigenvalue weighted by atomic mass is 19.4. The molecule has 3 rings (SSSR count). The Morgan fingerprint density at radius 1 is 0.906 bits per heavy atom. The normalized spacial score (nSPS) is 24.3. The van der Waals surface area contributed by atoms with Crippen molar-refractivity contribution >= 4 is 11.9 Å². The van der Waals surface area contributed by atoms with Crippen LogP contribution < -0.4 is 0 Å². The Labute approximate surface area is 181 Å². The van der Waals surface area contributed by atoms with Gasteiger partial charge in [-0.2, -0.15) is 26.3 Å². The van der Waals surface area contributed by atoms with Crippen LogP contribution >= 0.6 is 0 Å². The van der Waals surface area contributed by atoms with Crippen LogP contribution in [0.5, 0.6) is 0 Å². The maximum absolute atomic E-state index is 13.5. The van der Waals surface area contributed by atoms with Gasteiger partial charge in [0.2, 0.25) is 0 Å². The highest BCUT2D eigenvalue weighted by molar-refractivity contribution is 6.01. The van der Waals surface area contributed by atoms with Gasteiger partial charge in [0.15, 0.2) is 5.78 Å². The molecule has 0 saturated carbocycles. The first kappa shape index (κ1) is 24.4. The molecule has 2 bridgehead atoms. The number of amides is 1. The van der Waals surface area contributed by atoms with Gasteiger partial charge >= 0.3 is 18.4 Å². The molecule has 32 heavy (non-hydrogen) atoms. The summed E-state index contributed by atoms with van der Waals surface area (Å²) < 4.78 is 86.5. The fraction of sp³-hybridized carbons (Fsp3) is 0.636. The van der Waals surface area contributed by atoms with Gasteiger partial charge in [-0.25, -0.2) is 4.79 Å². The quantitative estimate of drug-likeness (QED) is 0.371. The van der Waals surface area contributed by atoms with Crippen molar-refractivity contribution in [1.82, 2.24) is 4.90 Å². The zero-order chi connectivity index (χ0) is 24.1. The van der Waals surface area contributed by atoms with E-state index in [-0.39, 0.29) is 12.8 Å². The van der Waals surface area contributed by atoms with Crippen LogP contribution in [0.1, 0.15) is 74.4 Å². The zero-order valence-electron chi connectivity index (χ0n) is 17.9. The maximum atomic E-state index is 13.5. The molecule has 1 aromatic rings. The standard InChI is InChI=1S/C22H25F6NO3/c1-20(2,3)32-19(31)29-13-6-4-7-14(29)11-12(10-13)18(30)17-15(21(23,24)25)8-5-9-16(17)22(26,27)28/h5,8-9,12-14H,4,6-7,10-11H2,1-3H3. The Balaban J connectivity index is 1.95. The van der Waals surface area contributed by atoms with Gasteiger partial charge < -0.3 is 9.64 Å². The summed E-state index contributed by atoms with van der Waals surface area (Å²) in [6.07, 6.45) is -9.04. The fourth-order valence-corrected chi connectivity index (χ4v) is 4.70. The third-order valence-corrected chi connectivity index (χ3v) is 5.87. The number of alkyl halides is 6. The van der Waals surface area contributed by atoms with E-state index in [0.717, 1.165) is 6.42 Å². The molecule has 2 atom stereocenters. The molecule has 0 aromatic heterocycles. The Bertz CT molecular complexity index is 841. The maximum Gasteiger partial charge on any atom is 0.417 e. The Kier molecular flexibility index (Phi) is 6.30. The summed E-state index contributed by atoms with van der Waals surface area (Å²) in [6.45, 7) is 5.09. The molecule has 1 amide bonds. The van der Waals surface area contributed by atoms with Gasteiger partial charge in [-0.1, -0.05) is 6.07 Å². The van der Waals surface area contributed by atoms with Gasteiger partial charge in [0.05, 0.1) is 11.1 Å². The van der Waals surface area contributed by atoms with Crippen LogP contribution in [-0.2, 0) is 17.1 Å². The van der Waals surface area contributed by atoms with Gasteiger partial charge in [-0.15, -0.1) is 0 Å². The van der Waals surface area contributed by atoms with Crippen molar-refractivity contribution in [2.75, 3.05) is 0 Å². The number of benzene rings is 1. The number of hydrogen-bond acceptors (Lipinski definition) is 3. The number of halogens is 6. The molecule has 2 heterocycles. The third-order valence-electron chi connectivity index (χ3n) is 5.87. The second-order valence-electron chi connectivity index (χ2n) is 9.38. The van der Waals surface area contributed by atoms with E-state index in [4.69, 9.17) is 4.74 Å². The lowest BCUT2D eigenvalue weighted by Gasteiger charge is -2.48. The SMILES string of the molecule is CC(C)(C)OC(=O)N1C2CCCC1CC(C(=O)c1c(C(F)(F)F)cccc1C(F)(F)F)C2. The summed E-state index contributed by atoms with van der Waals surface area (Å²) in [4.78, 5) is 27.3. The molecule has 0 radical (unpaired) electrons. The first-order valence-corrected chi connectivity index (χ1v) is 10.4. The highest BCUT2D eigenvalue weighted by Crippen LogP contribution is 2.44. The number of nitrogens with zero attached hydrogens (tertiary/aromatic N) is 1. The molecule has 2 aliphatic rings.